The maximum Gasteiger partial charge on any atom is 0.251 e. The molecule has 1 aliphatic rings. The lowest BCUT2D eigenvalue weighted by molar-refractivity contribution is -0.132. The second-order valence-electron chi connectivity index (χ2n) is 5.64. The number of aliphatic hydroxyl groups excluding tert-OH is 1. The van der Waals surface area contributed by atoms with Crippen LogP contribution in [0.25, 0.3) is 0 Å². The van der Waals surface area contributed by atoms with Crippen molar-refractivity contribution in [1.82, 2.24) is 10.2 Å². The normalized spacial score (nSPS) is 15.6. The summed E-state index contributed by atoms with van der Waals surface area (Å²) in [5.41, 5.74) is 0.559. The van der Waals surface area contributed by atoms with Crippen molar-refractivity contribution in [1.29, 1.82) is 0 Å². The van der Waals surface area contributed by atoms with Crippen LogP contribution in [0.3, 0.4) is 0 Å². The minimum absolute atomic E-state index is 0.000258. The number of benzene rings is 1. The quantitative estimate of drug-likeness (QED) is 0.751. The Morgan fingerprint density at radius 2 is 1.82 bits per heavy atom. The number of hydrogen-bond acceptors (Lipinski definition) is 3. The summed E-state index contributed by atoms with van der Waals surface area (Å²) >= 11 is 0. The first kappa shape index (κ1) is 16.5. The summed E-state index contributed by atoms with van der Waals surface area (Å²) in [5, 5.41) is 11.8. The molecule has 5 heteroatoms. The zero-order valence-corrected chi connectivity index (χ0v) is 12.8. The van der Waals surface area contributed by atoms with Crippen LogP contribution < -0.4 is 5.32 Å². The molecule has 2 amide bonds. The van der Waals surface area contributed by atoms with Crippen LogP contribution in [0.2, 0.25) is 0 Å². The van der Waals surface area contributed by atoms with Gasteiger partial charge in [0.25, 0.3) is 5.91 Å². The minimum atomic E-state index is -0.502. The molecule has 0 bridgehead atoms. The van der Waals surface area contributed by atoms with Crippen molar-refractivity contribution >= 4 is 11.8 Å². The highest BCUT2D eigenvalue weighted by Gasteiger charge is 2.27. The third-order valence-electron chi connectivity index (χ3n) is 3.96. The average molecular weight is 304 g/mol. The van der Waals surface area contributed by atoms with Crippen LogP contribution in [0.15, 0.2) is 30.3 Å². The molecule has 2 N–H and O–H groups in total. The van der Waals surface area contributed by atoms with Gasteiger partial charge in [-0.3, -0.25) is 9.59 Å². The standard InChI is InChI=1S/C17H24N2O3/c20-13-7-4-10-15(17(22)19-11-5-6-12-19)18-16(21)14-8-2-1-3-9-14/h1-3,8-9,15,20H,4-7,10-13H2,(H,18,21). The molecule has 1 saturated heterocycles. The molecule has 22 heavy (non-hydrogen) atoms. The van der Waals surface area contributed by atoms with Crippen LogP contribution in [0.5, 0.6) is 0 Å². The summed E-state index contributed by atoms with van der Waals surface area (Å²) in [7, 11) is 0. The number of unbranched alkanes of at least 4 members (excludes halogenated alkanes) is 1. The van der Waals surface area contributed by atoms with Gasteiger partial charge in [-0.15, -0.1) is 0 Å². The van der Waals surface area contributed by atoms with Crippen molar-refractivity contribution in [3.05, 3.63) is 35.9 Å². The van der Waals surface area contributed by atoms with Crippen molar-refractivity contribution in [2.24, 2.45) is 0 Å². The van der Waals surface area contributed by atoms with Gasteiger partial charge in [-0.25, -0.2) is 0 Å². The van der Waals surface area contributed by atoms with Gasteiger partial charge in [0, 0.05) is 25.3 Å². The van der Waals surface area contributed by atoms with Gasteiger partial charge >= 0.3 is 0 Å². The van der Waals surface area contributed by atoms with Crippen molar-refractivity contribution in [2.45, 2.75) is 38.1 Å². The third kappa shape index (κ3) is 4.56. The fourth-order valence-corrected chi connectivity index (χ4v) is 2.71. The molecule has 1 atom stereocenters. The molecule has 120 valence electrons. The molecule has 1 fully saturated rings. The number of amides is 2. The van der Waals surface area contributed by atoms with Crippen molar-refractivity contribution in [3.63, 3.8) is 0 Å². The lowest BCUT2D eigenvalue weighted by atomic mass is 10.1. The number of hydrogen-bond donors (Lipinski definition) is 2. The zero-order chi connectivity index (χ0) is 15.8. The minimum Gasteiger partial charge on any atom is -0.396 e. The lowest BCUT2D eigenvalue weighted by Crippen LogP contribution is -2.47. The highest BCUT2D eigenvalue weighted by Crippen LogP contribution is 2.13. The number of nitrogens with zero attached hydrogens (tertiary/aromatic N) is 1. The molecule has 0 spiro atoms. The summed E-state index contributed by atoms with van der Waals surface area (Å²) in [5.74, 6) is -0.220. The molecule has 5 nitrogen and oxygen atoms in total. The molecule has 0 aromatic heterocycles. The van der Waals surface area contributed by atoms with E-state index < -0.39 is 6.04 Å². The number of aliphatic hydroxyl groups is 1. The van der Waals surface area contributed by atoms with Gasteiger partial charge in [0.1, 0.15) is 6.04 Å². The Bertz CT molecular complexity index is 484. The Hall–Kier alpha value is -1.88. The first-order valence-electron chi connectivity index (χ1n) is 7.98. The molecule has 2 rings (SSSR count). The highest BCUT2D eigenvalue weighted by atomic mass is 16.3. The van der Waals surface area contributed by atoms with Crippen LogP contribution in [0.4, 0.5) is 0 Å². The number of nitrogens with one attached hydrogen (secondary N) is 1. The van der Waals surface area contributed by atoms with Crippen LogP contribution in [0.1, 0.15) is 42.5 Å². The second-order valence-corrected chi connectivity index (χ2v) is 5.64. The van der Waals surface area contributed by atoms with E-state index >= 15 is 0 Å². The first-order chi connectivity index (χ1) is 10.7. The number of rotatable bonds is 7. The highest BCUT2D eigenvalue weighted by molar-refractivity contribution is 5.97. The molecule has 1 aliphatic heterocycles. The number of carbonyl (C=O) groups is 2. The molecule has 1 unspecified atom stereocenters. The SMILES string of the molecule is O=C(NC(CCCCO)C(=O)N1CCCC1)c1ccccc1. The Labute approximate surface area is 131 Å². The second kappa shape index (κ2) is 8.54. The maximum atomic E-state index is 12.6. The summed E-state index contributed by atoms with van der Waals surface area (Å²) < 4.78 is 0. The van der Waals surface area contributed by atoms with E-state index in [2.05, 4.69) is 5.32 Å². The van der Waals surface area contributed by atoms with Crippen LogP contribution in [-0.4, -0.2) is 47.6 Å². The summed E-state index contributed by atoms with van der Waals surface area (Å²) in [6, 6.07) is 8.43. The molecule has 1 heterocycles. The van der Waals surface area contributed by atoms with E-state index in [4.69, 9.17) is 5.11 Å². The summed E-state index contributed by atoms with van der Waals surface area (Å²) in [6.45, 7) is 1.66. The van der Waals surface area contributed by atoms with Gasteiger partial charge in [-0.05, 0) is 44.2 Å². The molecular formula is C17H24N2O3. The Balaban J connectivity index is 1.99. The third-order valence-corrected chi connectivity index (χ3v) is 3.96. The lowest BCUT2D eigenvalue weighted by Gasteiger charge is -2.24. The number of carbonyl (C=O) groups excluding carboxylic acids is 2. The maximum absolute atomic E-state index is 12.6. The van der Waals surface area contributed by atoms with E-state index in [1.54, 1.807) is 24.3 Å². The first-order valence-corrected chi connectivity index (χ1v) is 7.98. The summed E-state index contributed by atoms with van der Waals surface area (Å²) in [4.78, 5) is 26.7. The van der Waals surface area contributed by atoms with Crippen molar-refractivity contribution < 1.29 is 14.7 Å². The van der Waals surface area contributed by atoms with Gasteiger partial charge in [-0.2, -0.15) is 0 Å². The Kier molecular flexibility index (Phi) is 6.40. The Morgan fingerprint density at radius 1 is 1.14 bits per heavy atom. The van der Waals surface area contributed by atoms with Gasteiger partial charge in [-0.1, -0.05) is 18.2 Å². The summed E-state index contributed by atoms with van der Waals surface area (Å²) in [6.07, 6.45) is 3.98. The molecule has 1 aromatic rings. The predicted molar refractivity (Wildman–Crippen MR) is 84.4 cm³/mol. The fourth-order valence-electron chi connectivity index (χ4n) is 2.71. The monoisotopic (exact) mass is 304 g/mol. The van der Waals surface area contributed by atoms with E-state index in [1.807, 2.05) is 11.0 Å². The van der Waals surface area contributed by atoms with E-state index in [0.29, 0.717) is 18.4 Å². The molecule has 0 radical (unpaired) electrons. The number of likely N-dealkylation sites (tertiary alicyclic amines) is 1. The van der Waals surface area contributed by atoms with Crippen molar-refractivity contribution in [2.75, 3.05) is 19.7 Å². The van der Waals surface area contributed by atoms with Crippen LogP contribution in [0, 0.1) is 0 Å². The van der Waals surface area contributed by atoms with E-state index in [0.717, 1.165) is 32.4 Å². The largest absolute Gasteiger partial charge is 0.396 e. The molecule has 0 saturated carbocycles. The van der Waals surface area contributed by atoms with Gasteiger partial charge in [0.15, 0.2) is 0 Å². The smallest absolute Gasteiger partial charge is 0.251 e. The zero-order valence-electron chi connectivity index (χ0n) is 12.8. The van der Waals surface area contributed by atoms with Crippen LogP contribution >= 0.6 is 0 Å². The van der Waals surface area contributed by atoms with Gasteiger partial charge < -0.3 is 15.3 Å². The van der Waals surface area contributed by atoms with E-state index in [1.165, 1.54) is 0 Å². The van der Waals surface area contributed by atoms with Gasteiger partial charge in [0.2, 0.25) is 5.91 Å². The topological polar surface area (TPSA) is 69.6 Å². The van der Waals surface area contributed by atoms with E-state index in [9.17, 15) is 9.59 Å². The van der Waals surface area contributed by atoms with Crippen molar-refractivity contribution in [3.8, 4) is 0 Å². The predicted octanol–water partition coefficient (Wildman–Crippen LogP) is 1.57. The average Bonchev–Trinajstić information content (AvgIpc) is 3.08. The Morgan fingerprint density at radius 3 is 2.45 bits per heavy atom. The van der Waals surface area contributed by atoms with Crippen LogP contribution in [-0.2, 0) is 4.79 Å². The van der Waals surface area contributed by atoms with Gasteiger partial charge in [0.05, 0.1) is 0 Å². The molecule has 1 aromatic carbocycles. The fraction of sp³-hybridized carbons (Fsp3) is 0.529. The molecule has 0 aliphatic carbocycles. The molecular weight excluding hydrogens is 280 g/mol. The van der Waals surface area contributed by atoms with E-state index in [-0.39, 0.29) is 18.4 Å².